The summed E-state index contributed by atoms with van der Waals surface area (Å²) in [5, 5.41) is 3.51. The first kappa shape index (κ1) is 13.0. The van der Waals surface area contributed by atoms with E-state index in [-0.39, 0.29) is 0 Å². The lowest BCUT2D eigenvalue weighted by Crippen LogP contribution is -2.03. The Morgan fingerprint density at radius 3 is 2.94 bits per heavy atom. The molecule has 2 rings (SSSR count). The van der Waals surface area contributed by atoms with E-state index in [4.69, 9.17) is 16.3 Å². The molecule has 2 heterocycles. The molecule has 5 nitrogen and oxygen atoms in total. The average Bonchev–Trinajstić information content (AvgIpc) is 2.34. The number of nitrogens with one attached hydrogen (secondary N) is 1. The number of hydrogen-bond acceptors (Lipinski definition) is 5. The standard InChI is InChI=1S/C11H10BrClN4O/c1-2-15-11-16-6-9(12)10(17-11)18-8-3-7(13)4-14-5-8/h3-6H,2H2,1H3,(H,15,16,17). The first-order valence-corrected chi connectivity index (χ1v) is 6.41. The number of nitrogens with zero attached hydrogens (tertiary/aromatic N) is 3. The quantitative estimate of drug-likeness (QED) is 0.930. The summed E-state index contributed by atoms with van der Waals surface area (Å²) < 4.78 is 6.25. The molecule has 0 saturated carbocycles. The summed E-state index contributed by atoms with van der Waals surface area (Å²) in [7, 11) is 0. The van der Waals surface area contributed by atoms with Crippen molar-refractivity contribution in [1.82, 2.24) is 15.0 Å². The Morgan fingerprint density at radius 1 is 1.39 bits per heavy atom. The highest BCUT2D eigenvalue weighted by Crippen LogP contribution is 2.28. The summed E-state index contributed by atoms with van der Waals surface area (Å²) in [4.78, 5) is 12.3. The van der Waals surface area contributed by atoms with Crippen molar-refractivity contribution in [1.29, 1.82) is 0 Å². The van der Waals surface area contributed by atoms with Gasteiger partial charge >= 0.3 is 0 Å². The van der Waals surface area contributed by atoms with E-state index in [2.05, 4.69) is 36.2 Å². The molecule has 0 aliphatic carbocycles. The van der Waals surface area contributed by atoms with E-state index in [9.17, 15) is 0 Å². The van der Waals surface area contributed by atoms with Crippen LogP contribution in [-0.2, 0) is 0 Å². The molecule has 0 bridgehead atoms. The second-order valence-electron chi connectivity index (χ2n) is 3.32. The molecule has 0 aromatic carbocycles. The summed E-state index contributed by atoms with van der Waals surface area (Å²) in [6.07, 6.45) is 4.72. The summed E-state index contributed by atoms with van der Waals surface area (Å²) in [6, 6.07) is 1.66. The van der Waals surface area contributed by atoms with Crippen molar-refractivity contribution >= 4 is 33.5 Å². The van der Waals surface area contributed by atoms with Gasteiger partial charge in [-0.15, -0.1) is 0 Å². The zero-order valence-corrected chi connectivity index (χ0v) is 11.9. The minimum Gasteiger partial charge on any atom is -0.436 e. The third-order valence-corrected chi connectivity index (χ3v) is 2.69. The number of pyridine rings is 1. The van der Waals surface area contributed by atoms with Crippen LogP contribution in [0.15, 0.2) is 29.1 Å². The summed E-state index contributed by atoms with van der Waals surface area (Å²) in [5.41, 5.74) is 0. The van der Waals surface area contributed by atoms with Crippen LogP contribution in [0, 0.1) is 0 Å². The molecule has 0 saturated heterocycles. The summed E-state index contributed by atoms with van der Waals surface area (Å²) >= 11 is 9.16. The van der Waals surface area contributed by atoms with Gasteiger partial charge in [0.05, 0.1) is 21.9 Å². The minimum absolute atomic E-state index is 0.407. The fourth-order valence-electron chi connectivity index (χ4n) is 1.23. The van der Waals surface area contributed by atoms with E-state index < -0.39 is 0 Å². The molecule has 0 radical (unpaired) electrons. The van der Waals surface area contributed by atoms with Gasteiger partial charge in [0.2, 0.25) is 11.8 Å². The minimum atomic E-state index is 0.407. The van der Waals surface area contributed by atoms with Gasteiger partial charge in [0.25, 0.3) is 0 Å². The number of anilines is 1. The fraction of sp³-hybridized carbons (Fsp3) is 0.182. The molecule has 7 heteroatoms. The number of rotatable bonds is 4. The van der Waals surface area contributed by atoms with Crippen LogP contribution in [0.1, 0.15) is 6.92 Å². The summed E-state index contributed by atoms with van der Waals surface area (Å²) in [5.74, 6) is 1.43. The van der Waals surface area contributed by atoms with Crippen molar-refractivity contribution in [2.45, 2.75) is 6.92 Å². The molecule has 2 aromatic heterocycles. The monoisotopic (exact) mass is 328 g/mol. The van der Waals surface area contributed by atoms with Crippen LogP contribution in [0.5, 0.6) is 11.6 Å². The number of ether oxygens (including phenoxy) is 1. The van der Waals surface area contributed by atoms with Gasteiger partial charge in [-0.2, -0.15) is 4.98 Å². The molecule has 2 aromatic rings. The van der Waals surface area contributed by atoms with Crippen LogP contribution < -0.4 is 10.1 Å². The van der Waals surface area contributed by atoms with Gasteiger partial charge in [0, 0.05) is 18.8 Å². The van der Waals surface area contributed by atoms with Gasteiger partial charge in [-0.05, 0) is 22.9 Å². The molecule has 0 amide bonds. The molecule has 94 valence electrons. The van der Waals surface area contributed by atoms with Gasteiger partial charge in [-0.1, -0.05) is 11.6 Å². The number of halogens is 2. The van der Waals surface area contributed by atoms with E-state index in [0.717, 1.165) is 6.54 Å². The lowest BCUT2D eigenvalue weighted by atomic mass is 10.4. The molecule has 18 heavy (non-hydrogen) atoms. The van der Waals surface area contributed by atoms with Gasteiger partial charge < -0.3 is 10.1 Å². The average molecular weight is 330 g/mol. The predicted molar refractivity (Wildman–Crippen MR) is 73.2 cm³/mol. The highest BCUT2D eigenvalue weighted by molar-refractivity contribution is 9.10. The zero-order chi connectivity index (χ0) is 13.0. The molecule has 0 aliphatic heterocycles. The lowest BCUT2D eigenvalue weighted by molar-refractivity contribution is 0.457. The van der Waals surface area contributed by atoms with E-state index >= 15 is 0 Å². The molecule has 0 fully saturated rings. The van der Waals surface area contributed by atoms with E-state index in [0.29, 0.717) is 27.1 Å². The third kappa shape index (κ3) is 3.30. The Labute approximate surface area is 118 Å². The third-order valence-electron chi connectivity index (χ3n) is 1.94. The van der Waals surface area contributed by atoms with Crippen LogP contribution >= 0.6 is 27.5 Å². The molecule has 0 atom stereocenters. The Hall–Kier alpha value is -1.40. The second kappa shape index (κ2) is 5.97. The Bertz CT molecular complexity index is 552. The maximum absolute atomic E-state index is 5.83. The number of aromatic nitrogens is 3. The molecule has 1 N–H and O–H groups in total. The van der Waals surface area contributed by atoms with Gasteiger partial charge in [-0.3, -0.25) is 4.98 Å². The largest absolute Gasteiger partial charge is 0.436 e. The van der Waals surface area contributed by atoms with Gasteiger partial charge in [0.15, 0.2) is 0 Å². The maximum Gasteiger partial charge on any atom is 0.238 e. The molecule has 0 aliphatic rings. The normalized spacial score (nSPS) is 10.2. The molecule has 0 spiro atoms. The maximum atomic E-state index is 5.83. The molecular formula is C11H10BrClN4O. The Kier molecular flexibility index (Phi) is 4.33. The van der Waals surface area contributed by atoms with E-state index in [1.54, 1.807) is 18.5 Å². The van der Waals surface area contributed by atoms with Crippen molar-refractivity contribution in [3.63, 3.8) is 0 Å². The van der Waals surface area contributed by atoms with Crippen LogP contribution in [0.25, 0.3) is 0 Å². The predicted octanol–water partition coefficient (Wildman–Crippen LogP) is 3.51. The molecule has 0 unspecified atom stereocenters. The highest BCUT2D eigenvalue weighted by Gasteiger charge is 2.07. The topological polar surface area (TPSA) is 59.9 Å². The van der Waals surface area contributed by atoms with Gasteiger partial charge in [0.1, 0.15) is 5.75 Å². The Morgan fingerprint density at radius 2 is 2.22 bits per heavy atom. The van der Waals surface area contributed by atoms with Crippen LogP contribution in [0.3, 0.4) is 0 Å². The van der Waals surface area contributed by atoms with E-state index in [1.807, 2.05) is 6.92 Å². The van der Waals surface area contributed by atoms with Crippen molar-refractivity contribution in [3.05, 3.63) is 34.2 Å². The van der Waals surface area contributed by atoms with Crippen molar-refractivity contribution < 1.29 is 4.74 Å². The first-order chi connectivity index (χ1) is 8.69. The van der Waals surface area contributed by atoms with Gasteiger partial charge in [-0.25, -0.2) is 4.98 Å². The van der Waals surface area contributed by atoms with Crippen molar-refractivity contribution in [2.75, 3.05) is 11.9 Å². The zero-order valence-electron chi connectivity index (χ0n) is 9.52. The lowest BCUT2D eigenvalue weighted by Gasteiger charge is -2.08. The second-order valence-corrected chi connectivity index (χ2v) is 4.61. The highest BCUT2D eigenvalue weighted by atomic mass is 79.9. The fourth-order valence-corrected chi connectivity index (χ4v) is 1.66. The van der Waals surface area contributed by atoms with Crippen LogP contribution in [0.2, 0.25) is 5.02 Å². The van der Waals surface area contributed by atoms with Crippen LogP contribution in [0.4, 0.5) is 5.95 Å². The smallest absolute Gasteiger partial charge is 0.238 e. The van der Waals surface area contributed by atoms with Crippen molar-refractivity contribution in [2.24, 2.45) is 0 Å². The summed E-state index contributed by atoms with van der Waals surface area (Å²) in [6.45, 7) is 2.70. The van der Waals surface area contributed by atoms with E-state index in [1.165, 1.54) is 6.20 Å². The first-order valence-electron chi connectivity index (χ1n) is 5.24. The number of hydrogen-bond donors (Lipinski definition) is 1. The van der Waals surface area contributed by atoms with Crippen molar-refractivity contribution in [3.8, 4) is 11.6 Å². The Balaban J connectivity index is 2.25. The van der Waals surface area contributed by atoms with Crippen LogP contribution in [-0.4, -0.2) is 21.5 Å². The SMILES string of the molecule is CCNc1ncc(Br)c(Oc2cncc(Cl)c2)n1. The molecular weight excluding hydrogens is 320 g/mol.